The molecular formula is C11H24N4O3S. The van der Waals surface area contributed by atoms with E-state index in [2.05, 4.69) is 15.7 Å². The minimum absolute atomic E-state index is 0.264. The molecule has 7 nitrogen and oxygen atoms in total. The highest BCUT2D eigenvalue weighted by Gasteiger charge is 2.30. The van der Waals surface area contributed by atoms with Gasteiger partial charge in [0.05, 0.1) is 17.5 Å². The summed E-state index contributed by atoms with van der Waals surface area (Å²) in [5.74, 6) is 6.05. The maximum atomic E-state index is 11.6. The fourth-order valence-corrected chi connectivity index (χ4v) is 3.66. The molecule has 0 aromatic rings. The van der Waals surface area contributed by atoms with Gasteiger partial charge in [-0.1, -0.05) is 0 Å². The summed E-state index contributed by atoms with van der Waals surface area (Å²) < 4.78 is 28.5. The van der Waals surface area contributed by atoms with Gasteiger partial charge in [-0.2, -0.15) is 0 Å². The van der Waals surface area contributed by atoms with Crippen molar-refractivity contribution in [3.05, 3.63) is 0 Å². The average molecular weight is 292 g/mol. The van der Waals surface area contributed by atoms with Crippen LogP contribution in [-0.4, -0.2) is 51.7 Å². The highest BCUT2D eigenvalue weighted by molar-refractivity contribution is 7.92. The van der Waals surface area contributed by atoms with E-state index in [1.807, 2.05) is 6.92 Å². The number of nitrogens with one attached hydrogen (secondary N) is 2. The summed E-state index contributed by atoms with van der Waals surface area (Å²) in [6.07, 6.45) is 2.26. The van der Waals surface area contributed by atoms with Crippen LogP contribution in [0, 0.1) is 0 Å². The van der Waals surface area contributed by atoms with E-state index in [9.17, 15) is 8.42 Å². The van der Waals surface area contributed by atoms with E-state index in [4.69, 9.17) is 10.6 Å². The van der Waals surface area contributed by atoms with Gasteiger partial charge in [0.2, 0.25) is 5.96 Å². The van der Waals surface area contributed by atoms with Crippen molar-refractivity contribution in [1.29, 1.82) is 0 Å². The minimum Gasteiger partial charge on any atom is -0.382 e. The normalized spacial score (nSPS) is 22.4. The zero-order valence-electron chi connectivity index (χ0n) is 11.4. The number of hydrogen-bond acceptors (Lipinski definition) is 5. The third-order valence-corrected chi connectivity index (χ3v) is 5.27. The van der Waals surface area contributed by atoms with Crippen molar-refractivity contribution in [2.45, 2.75) is 31.4 Å². The summed E-state index contributed by atoms with van der Waals surface area (Å²) in [5, 5.41) is 2.66. The van der Waals surface area contributed by atoms with Crippen molar-refractivity contribution < 1.29 is 13.2 Å². The molecule has 0 radical (unpaired) electrons. The Balaban J connectivity index is 2.31. The van der Waals surface area contributed by atoms with Gasteiger partial charge in [-0.05, 0) is 26.2 Å². The minimum atomic E-state index is -2.95. The first kappa shape index (κ1) is 16.2. The Labute approximate surface area is 114 Å². The predicted octanol–water partition coefficient (Wildman–Crippen LogP) is -0.601. The molecule has 0 bridgehead atoms. The number of hydrazine groups is 1. The summed E-state index contributed by atoms with van der Waals surface area (Å²) in [6, 6.07) is 0. The summed E-state index contributed by atoms with van der Waals surface area (Å²) in [6.45, 7) is 4.28. The van der Waals surface area contributed by atoms with E-state index in [0.29, 0.717) is 32.1 Å². The van der Waals surface area contributed by atoms with Gasteiger partial charge in [0.25, 0.3) is 0 Å². The van der Waals surface area contributed by atoms with Crippen molar-refractivity contribution in [2.75, 3.05) is 32.1 Å². The second-order valence-electron chi connectivity index (χ2n) is 4.44. The Morgan fingerprint density at radius 2 is 2.32 bits per heavy atom. The van der Waals surface area contributed by atoms with Crippen LogP contribution in [0.2, 0.25) is 0 Å². The third kappa shape index (κ3) is 5.75. The molecule has 1 saturated heterocycles. The van der Waals surface area contributed by atoms with E-state index in [1.165, 1.54) is 0 Å². The maximum absolute atomic E-state index is 11.6. The van der Waals surface area contributed by atoms with Crippen LogP contribution >= 0.6 is 0 Å². The number of sulfone groups is 1. The Morgan fingerprint density at radius 3 is 2.89 bits per heavy atom. The third-order valence-electron chi connectivity index (χ3n) is 3.01. The van der Waals surface area contributed by atoms with Crippen molar-refractivity contribution in [2.24, 2.45) is 10.8 Å². The van der Waals surface area contributed by atoms with Crippen LogP contribution in [0.1, 0.15) is 26.2 Å². The zero-order chi connectivity index (χ0) is 14.1. The number of ether oxygens (including phenoxy) is 1. The van der Waals surface area contributed by atoms with Gasteiger partial charge in [-0.25, -0.2) is 14.3 Å². The molecular weight excluding hydrogens is 268 g/mol. The zero-order valence-corrected chi connectivity index (χ0v) is 12.2. The number of nitrogens with two attached hydrogens (primary N) is 1. The van der Waals surface area contributed by atoms with Crippen molar-refractivity contribution in [1.82, 2.24) is 10.7 Å². The van der Waals surface area contributed by atoms with Gasteiger partial charge in [0, 0.05) is 19.8 Å². The van der Waals surface area contributed by atoms with E-state index in [0.717, 1.165) is 12.8 Å². The topological polar surface area (TPSA) is 106 Å². The smallest absolute Gasteiger partial charge is 0.205 e. The molecule has 0 aromatic carbocycles. The molecule has 1 unspecified atom stereocenters. The van der Waals surface area contributed by atoms with Crippen LogP contribution in [0.25, 0.3) is 0 Å². The molecule has 1 rings (SSSR count). The summed E-state index contributed by atoms with van der Waals surface area (Å²) in [4.78, 5) is 4.19. The van der Waals surface area contributed by atoms with Gasteiger partial charge in [0.1, 0.15) is 0 Å². The number of hydrogen-bond donors (Lipinski definition) is 3. The number of guanidine groups is 1. The van der Waals surface area contributed by atoms with Gasteiger partial charge in [-0.3, -0.25) is 10.4 Å². The molecule has 1 fully saturated rings. The molecule has 1 heterocycles. The Morgan fingerprint density at radius 1 is 1.53 bits per heavy atom. The SMILES string of the molecule is CCOCCCNC(=NCC1CCCS1(=O)=O)NN. The lowest BCUT2D eigenvalue weighted by Crippen LogP contribution is -2.42. The molecule has 1 atom stereocenters. The van der Waals surface area contributed by atoms with E-state index < -0.39 is 9.84 Å². The molecule has 0 aliphatic carbocycles. The van der Waals surface area contributed by atoms with Gasteiger partial charge < -0.3 is 10.1 Å². The Bertz CT molecular complexity index is 383. The van der Waals surface area contributed by atoms with Crippen molar-refractivity contribution in [3.63, 3.8) is 0 Å². The number of aliphatic imine (C=N–C) groups is 1. The van der Waals surface area contributed by atoms with Crippen LogP contribution in [-0.2, 0) is 14.6 Å². The molecule has 112 valence electrons. The number of nitrogens with zero attached hydrogens (tertiary/aromatic N) is 1. The summed E-state index contributed by atoms with van der Waals surface area (Å²) in [7, 11) is -2.95. The lowest BCUT2D eigenvalue weighted by Gasteiger charge is -2.11. The van der Waals surface area contributed by atoms with Gasteiger partial charge >= 0.3 is 0 Å². The standard InChI is InChI=1S/C11H24N4O3S/c1-2-18-7-4-6-13-11(15-12)14-9-10-5-3-8-19(10,16)17/h10H,2-9,12H2,1H3,(H2,13,14,15). The van der Waals surface area contributed by atoms with Crippen LogP contribution < -0.4 is 16.6 Å². The highest BCUT2D eigenvalue weighted by Crippen LogP contribution is 2.19. The number of rotatable bonds is 7. The Kier molecular flexibility index (Phi) is 7.11. The lowest BCUT2D eigenvalue weighted by atomic mass is 10.2. The van der Waals surface area contributed by atoms with Crippen molar-refractivity contribution in [3.8, 4) is 0 Å². The quantitative estimate of drug-likeness (QED) is 0.190. The highest BCUT2D eigenvalue weighted by atomic mass is 32.2. The molecule has 1 aliphatic rings. The van der Waals surface area contributed by atoms with Gasteiger partial charge in [-0.15, -0.1) is 0 Å². The van der Waals surface area contributed by atoms with Crippen LogP contribution in [0.4, 0.5) is 0 Å². The van der Waals surface area contributed by atoms with Gasteiger partial charge in [0.15, 0.2) is 9.84 Å². The first-order valence-corrected chi connectivity index (χ1v) is 8.36. The molecule has 1 aliphatic heterocycles. The second-order valence-corrected chi connectivity index (χ2v) is 6.84. The molecule has 0 spiro atoms. The van der Waals surface area contributed by atoms with Crippen LogP contribution in [0.5, 0.6) is 0 Å². The maximum Gasteiger partial charge on any atom is 0.205 e. The van der Waals surface area contributed by atoms with Crippen LogP contribution in [0.3, 0.4) is 0 Å². The molecule has 0 amide bonds. The largest absolute Gasteiger partial charge is 0.382 e. The molecule has 0 saturated carbocycles. The average Bonchev–Trinajstić information content (AvgIpc) is 2.72. The van der Waals surface area contributed by atoms with E-state index >= 15 is 0 Å². The molecule has 0 aromatic heterocycles. The monoisotopic (exact) mass is 292 g/mol. The second kappa shape index (κ2) is 8.34. The first-order valence-electron chi connectivity index (χ1n) is 6.64. The summed E-state index contributed by atoms with van der Waals surface area (Å²) >= 11 is 0. The van der Waals surface area contributed by atoms with Crippen LogP contribution in [0.15, 0.2) is 4.99 Å². The fraction of sp³-hybridized carbons (Fsp3) is 0.909. The van der Waals surface area contributed by atoms with Crippen molar-refractivity contribution >= 4 is 15.8 Å². The predicted molar refractivity (Wildman–Crippen MR) is 75.5 cm³/mol. The molecule has 19 heavy (non-hydrogen) atoms. The molecule has 8 heteroatoms. The fourth-order valence-electron chi connectivity index (χ4n) is 1.93. The lowest BCUT2D eigenvalue weighted by molar-refractivity contribution is 0.145. The Hall–Kier alpha value is -0.860. The molecule has 4 N–H and O–H groups in total. The van der Waals surface area contributed by atoms with E-state index in [-0.39, 0.29) is 17.5 Å². The van der Waals surface area contributed by atoms with E-state index in [1.54, 1.807) is 0 Å². The summed E-state index contributed by atoms with van der Waals surface area (Å²) in [5.41, 5.74) is 2.45. The first-order chi connectivity index (χ1) is 9.10.